The number of carbonyl (C=O) groups is 1. The van der Waals surface area contributed by atoms with Crippen LogP contribution in [0.1, 0.15) is 21.5 Å². The molecule has 0 aliphatic rings. The fraction of sp³-hybridized carbons (Fsp3) is 0.0952. The van der Waals surface area contributed by atoms with Crippen LogP contribution in [0.2, 0.25) is 0 Å². The molecule has 0 saturated heterocycles. The van der Waals surface area contributed by atoms with E-state index in [0.717, 1.165) is 27.5 Å². The van der Waals surface area contributed by atoms with E-state index >= 15 is 0 Å². The summed E-state index contributed by atoms with van der Waals surface area (Å²) in [5.74, 6) is 0.0227. The summed E-state index contributed by atoms with van der Waals surface area (Å²) in [7, 11) is 3.57. The molecule has 0 aromatic heterocycles. The Bertz CT molecular complexity index is 863. The highest BCUT2D eigenvalue weighted by Crippen LogP contribution is 2.25. The van der Waals surface area contributed by atoms with Crippen LogP contribution < -0.4 is 0 Å². The SMILES string of the molecule is CN(C)C(=O)c1c(C=Cc2ccccc2)ccc2ccccc12. The average Bonchev–Trinajstić information content (AvgIpc) is 2.59. The molecule has 23 heavy (non-hydrogen) atoms. The monoisotopic (exact) mass is 301 g/mol. The zero-order valence-electron chi connectivity index (χ0n) is 13.4. The smallest absolute Gasteiger partial charge is 0.254 e. The fourth-order valence-corrected chi connectivity index (χ4v) is 2.64. The average molecular weight is 301 g/mol. The summed E-state index contributed by atoms with van der Waals surface area (Å²) in [4.78, 5) is 14.3. The van der Waals surface area contributed by atoms with Crippen LogP contribution in [0.3, 0.4) is 0 Å². The number of hydrogen-bond donors (Lipinski definition) is 0. The molecule has 114 valence electrons. The quantitative estimate of drug-likeness (QED) is 0.641. The van der Waals surface area contributed by atoms with Gasteiger partial charge in [-0.05, 0) is 21.9 Å². The Morgan fingerprint density at radius 3 is 2.26 bits per heavy atom. The van der Waals surface area contributed by atoms with E-state index in [1.807, 2.05) is 72.8 Å². The van der Waals surface area contributed by atoms with Crippen LogP contribution in [-0.2, 0) is 0 Å². The van der Waals surface area contributed by atoms with Gasteiger partial charge in [-0.2, -0.15) is 0 Å². The minimum Gasteiger partial charge on any atom is -0.345 e. The normalized spacial score (nSPS) is 11.0. The van der Waals surface area contributed by atoms with Crippen molar-refractivity contribution in [1.82, 2.24) is 4.90 Å². The number of benzene rings is 3. The minimum absolute atomic E-state index is 0.0227. The van der Waals surface area contributed by atoms with Gasteiger partial charge in [0.25, 0.3) is 5.91 Å². The molecule has 0 bridgehead atoms. The van der Waals surface area contributed by atoms with Gasteiger partial charge < -0.3 is 4.90 Å². The van der Waals surface area contributed by atoms with E-state index in [1.54, 1.807) is 19.0 Å². The molecule has 0 aliphatic carbocycles. The highest BCUT2D eigenvalue weighted by molar-refractivity contribution is 6.10. The van der Waals surface area contributed by atoms with Gasteiger partial charge in [-0.25, -0.2) is 0 Å². The molecule has 3 aromatic rings. The van der Waals surface area contributed by atoms with E-state index in [1.165, 1.54) is 0 Å². The summed E-state index contributed by atoms with van der Waals surface area (Å²) in [6.07, 6.45) is 4.05. The largest absolute Gasteiger partial charge is 0.345 e. The minimum atomic E-state index is 0.0227. The second-order valence-corrected chi connectivity index (χ2v) is 5.69. The van der Waals surface area contributed by atoms with Gasteiger partial charge in [0, 0.05) is 14.1 Å². The predicted molar refractivity (Wildman–Crippen MR) is 97.3 cm³/mol. The van der Waals surface area contributed by atoms with Crippen molar-refractivity contribution in [2.75, 3.05) is 14.1 Å². The van der Waals surface area contributed by atoms with Crippen molar-refractivity contribution in [3.8, 4) is 0 Å². The Balaban J connectivity index is 2.14. The van der Waals surface area contributed by atoms with Gasteiger partial charge in [0.05, 0.1) is 5.56 Å². The molecule has 2 heteroatoms. The lowest BCUT2D eigenvalue weighted by molar-refractivity contribution is 0.0829. The van der Waals surface area contributed by atoms with Crippen molar-refractivity contribution < 1.29 is 4.79 Å². The molecule has 0 N–H and O–H groups in total. The highest BCUT2D eigenvalue weighted by Gasteiger charge is 2.15. The third-order valence-corrected chi connectivity index (χ3v) is 3.84. The topological polar surface area (TPSA) is 20.3 Å². The van der Waals surface area contributed by atoms with E-state index in [0.29, 0.717) is 0 Å². The van der Waals surface area contributed by atoms with Crippen LogP contribution in [0.15, 0.2) is 66.7 Å². The van der Waals surface area contributed by atoms with Gasteiger partial charge in [-0.3, -0.25) is 4.79 Å². The van der Waals surface area contributed by atoms with E-state index in [9.17, 15) is 4.79 Å². The third kappa shape index (κ3) is 3.16. The second-order valence-electron chi connectivity index (χ2n) is 5.69. The maximum atomic E-state index is 12.7. The predicted octanol–water partition coefficient (Wildman–Crippen LogP) is 4.71. The Morgan fingerprint density at radius 1 is 0.826 bits per heavy atom. The first kappa shape index (κ1) is 15.0. The molecule has 3 rings (SSSR count). The number of carbonyl (C=O) groups excluding carboxylic acids is 1. The number of nitrogens with zero attached hydrogens (tertiary/aromatic N) is 1. The molecule has 0 saturated carbocycles. The van der Waals surface area contributed by atoms with Crippen LogP contribution in [0, 0.1) is 0 Å². The molecular formula is C21H19NO. The summed E-state index contributed by atoms with van der Waals surface area (Å²) >= 11 is 0. The molecule has 0 aliphatic heterocycles. The summed E-state index contributed by atoms with van der Waals surface area (Å²) in [6, 6.07) is 22.2. The molecule has 0 spiro atoms. The van der Waals surface area contributed by atoms with Crippen molar-refractivity contribution in [3.05, 3.63) is 83.4 Å². The Labute approximate surface area is 136 Å². The lowest BCUT2D eigenvalue weighted by Gasteiger charge is -2.15. The first-order chi connectivity index (χ1) is 11.2. The van der Waals surface area contributed by atoms with Crippen LogP contribution in [0.25, 0.3) is 22.9 Å². The summed E-state index contributed by atoms with van der Waals surface area (Å²) in [6.45, 7) is 0. The van der Waals surface area contributed by atoms with Crippen LogP contribution >= 0.6 is 0 Å². The number of fused-ring (bicyclic) bond motifs is 1. The molecule has 0 fully saturated rings. The fourth-order valence-electron chi connectivity index (χ4n) is 2.64. The maximum absolute atomic E-state index is 12.7. The Kier molecular flexibility index (Phi) is 4.24. The number of hydrogen-bond acceptors (Lipinski definition) is 1. The number of rotatable bonds is 3. The van der Waals surface area contributed by atoms with Crippen molar-refractivity contribution >= 4 is 28.8 Å². The zero-order valence-corrected chi connectivity index (χ0v) is 13.4. The zero-order chi connectivity index (χ0) is 16.2. The number of amides is 1. The van der Waals surface area contributed by atoms with Crippen LogP contribution in [0.4, 0.5) is 0 Å². The Hall–Kier alpha value is -2.87. The molecule has 1 amide bonds. The summed E-state index contributed by atoms with van der Waals surface area (Å²) in [5, 5.41) is 2.07. The summed E-state index contributed by atoms with van der Waals surface area (Å²) < 4.78 is 0. The lowest BCUT2D eigenvalue weighted by Crippen LogP contribution is -2.22. The molecule has 0 unspecified atom stereocenters. The molecular weight excluding hydrogens is 282 g/mol. The van der Waals surface area contributed by atoms with Gasteiger partial charge in [-0.1, -0.05) is 78.9 Å². The van der Waals surface area contributed by atoms with Crippen molar-refractivity contribution in [3.63, 3.8) is 0 Å². The molecule has 0 atom stereocenters. The van der Waals surface area contributed by atoms with E-state index in [4.69, 9.17) is 0 Å². The van der Waals surface area contributed by atoms with Gasteiger partial charge in [0.15, 0.2) is 0 Å². The second kappa shape index (κ2) is 6.49. The lowest BCUT2D eigenvalue weighted by atomic mass is 9.97. The van der Waals surface area contributed by atoms with Gasteiger partial charge in [0.1, 0.15) is 0 Å². The van der Waals surface area contributed by atoms with Gasteiger partial charge in [0.2, 0.25) is 0 Å². The Morgan fingerprint density at radius 2 is 1.52 bits per heavy atom. The van der Waals surface area contributed by atoms with Crippen molar-refractivity contribution in [2.45, 2.75) is 0 Å². The van der Waals surface area contributed by atoms with Crippen LogP contribution in [-0.4, -0.2) is 24.9 Å². The molecule has 0 radical (unpaired) electrons. The highest BCUT2D eigenvalue weighted by atomic mass is 16.2. The van der Waals surface area contributed by atoms with Gasteiger partial charge in [-0.15, -0.1) is 0 Å². The van der Waals surface area contributed by atoms with E-state index in [-0.39, 0.29) is 5.91 Å². The third-order valence-electron chi connectivity index (χ3n) is 3.84. The standard InChI is InChI=1S/C21H19NO/c1-22(2)21(23)20-18(13-12-16-8-4-3-5-9-16)15-14-17-10-6-7-11-19(17)20/h3-15H,1-2H3. The van der Waals surface area contributed by atoms with E-state index < -0.39 is 0 Å². The molecule has 2 nitrogen and oxygen atoms in total. The van der Waals surface area contributed by atoms with Crippen molar-refractivity contribution in [1.29, 1.82) is 0 Å². The van der Waals surface area contributed by atoms with Crippen molar-refractivity contribution in [2.24, 2.45) is 0 Å². The van der Waals surface area contributed by atoms with E-state index in [2.05, 4.69) is 6.07 Å². The molecule has 0 heterocycles. The van der Waals surface area contributed by atoms with Crippen LogP contribution in [0.5, 0.6) is 0 Å². The first-order valence-electron chi connectivity index (χ1n) is 7.63. The molecule has 3 aromatic carbocycles. The van der Waals surface area contributed by atoms with Gasteiger partial charge >= 0.3 is 0 Å². The first-order valence-corrected chi connectivity index (χ1v) is 7.63. The summed E-state index contributed by atoms with van der Waals surface area (Å²) in [5.41, 5.74) is 2.80. The maximum Gasteiger partial charge on any atom is 0.254 e.